The summed E-state index contributed by atoms with van der Waals surface area (Å²) in [5.41, 5.74) is 3.31. The molecular weight excluding hydrogens is 462 g/mol. The van der Waals surface area contributed by atoms with Crippen molar-refractivity contribution in [2.45, 2.75) is 46.1 Å². The molecule has 0 aliphatic carbocycles. The van der Waals surface area contributed by atoms with Crippen molar-refractivity contribution in [3.8, 4) is 10.4 Å². The molecular formula is C27H31N3O4S. The number of anilines is 1. The van der Waals surface area contributed by atoms with Crippen LogP contribution < -0.4 is 10.6 Å². The molecule has 0 aliphatic heterocycles. The van der Waals surface area contributed by atoms with Crippen molar-refractivity contribution in [2.75, 3.05) is 12.4 Å². The summed E-state index contributed by atoms with van der Waals surface area (Å²) in [6.45, 7) is 10.1. The van der Waals surface area contributed by atoms with Crippen molar-refractivity contribution in [1.82, 2.24) is 10.3 Å². The summed E-state index contributed by atoms with van der Waals surface area (Å²) >= 11 is 1.22. The van der Waals surface area contributed by atoms with Gasteiger partial charge < -0.3 is 15.4 Å². The van der Waals surface area contributed by atoms with Gasteiger partial charge in [0.05, 0.1) is 12.0 Å². The fraction of sp³-hybridized carbons (Fsp3) is 0.333. The first-order valence-electron chi connectivity index (χ1n) is 11.4. The van der Waals surface area contributed by atoms with E-state index in [1.165, 1.54) is 24.0 Å². The van der Waals surface area contributed by atoms with Gasteiger partial charge in [0.2, 0.25) is 0 Å². The molecule has 0 saturated heterocycles. The Morgan fingerprint density at radius 1 is 0.943 bits per heavy atom. The Kier molecular flexibility index (Phi) is 8.07. The number of benzene rings is 2. The Balaban J connectivity index is 1.66. The third-order valence-corrected chi connectivity index (χ3v) is 6.59. The van der Waals surface area contributed by atoms with Crippen molar-refractivity contribution in [2.24, 2.45) is 5.92 Å². The molecule has 3 aromatic rings. The Bertz CT molecular complexity index is 1190. The van der Waals surface area contributed by atoms with E-state index in [1.54, 1.807) is 6.20 Å². The fourth-order valence-corrected chi connectivity index (χ4v) is 4.21. The van der Waals surface area contributed by atoms with E-state index in [0.717, 1.165) is 10.4 Å². The summed E-state index contributed by atoms with van der Waals surface area (Å²) in [6, 6.07) is 14.2. The number of nitrogens with zero attached hydrogens (tertiary/aromatic N) is 1. The summed E-state index contributed by atoms with van der Waals surface area (Å²) in [6.07, 6.45) is 1.62. The van der Waals surface area contributed by atoms with Gasteiger partial charge in [-0.25, -0.2) is 9.78 Å². The Labute approximate surface area is 209 Å². The van der Waals surface area contributed by atoms with Gasteiger partial charge in [-0.2, -0.15) is 0 Å². The maximum absolute atomic E-state index is 12.6. The molecule has 0 saturated carbocycles. The maximum Gasteiger partial charge on any atom is 0.328 e. The highest BCUT2D eigenvalue weighted by Crippen LogP contribution is 2.28. The molecule has 2 aromatic carbocycles. The molecule has 7 nitrogen and oxygen atoms in total. The van der Waals surface area contributed by atoms with Gasteiger partial charge in [0.25, 0.3) is 11.8 Å². The molecule has 8 heteroatoms. The lowest BCUT2D eigenvalue weighted by atomic mass is 9.87. The normalized spacial score (nSPS) is 12.2. The van der Waals surface area contributed by atoms with E-state index >= 15 is 0 Å². The van der Waals surface area contributed by atoms with Crippen LogP contribution in [0.15, 0.2) is 54.7 Å². The molecule has 0 radical (unpaired) electrons. The van der Waals surface area contributed by atoms with Crippen LogP contribution in [0.25, 0.3) is 10.4 Å². The quantitative estimate of drug-likeness (QED) is 0.436. The highest BCUT2D eigenvalue weighted by Gasteiger charge is 2.26. The first kappa shape index (κ1) is 26.1. The van der Waals surface area contributed by atoms with Crippen LogP contribution in [0.3, 0.4) is 0 Å². The van der Waals surface area contributed by atoms with Crippen LogP contribution >= 0.6 is 11.3 Å². The molecule has 0 spiro atoms. The summed E-state index contributed by atoms with van der Waals surface area (Å²) in [7, 11) is 1.29. The largest absolute Gasteiger partial charge is 0.467 e. The smallest absolute Gasteiger partial charge is 0.328 e. The molecule has 0 fully saturated rings. The SMILES string of the molecule is COC(=O)C(NC(=O)c1ncc(-c2ccc(NC(=O)c3ccc(C(C)(C)C)cc3)cc2)s1)C(C)C. The highest BCUT2D eigenvalue weighted by molar-refractivity contribution is 7.17. The van der Waals surface area contributed by atoms with E-state index < -0.39 is 17.9 Å². The molecule has 1 aromatic heterocycles. The zero-order chi connectivity index (χ0) is 25.8. The second-order valence-electron chi connectivity index (χ2n) is 9.61. The number of amides is 2. The van der Waals surface area contributed by atoms with Gasteiger partial charge in [0.1, 0.15) is 6.04 Å². The number of hydrogen-bond acceptors (Lipinski definition) is 6. The lowest BCUT2D eigenvalue weighted by Gasteiger charge is -2.19. The van der Waals surface area contributed by atoms with Crippen molar-refractivity contribution < 1.29 is 19.1 Å². The van der Waals surface area contributed by atoms with Gasteiger partial charge in [0, 0.05) is 17.4 Å². The van der Waals surface area contributed by atoms with Gasteiger partial charge in [-0.3, -0.25) is 9.59 Å². The van der Waals surface area contributed by atoms with E-state index in [0.29, 0.717) is 11.3 Å². The predicted molar refractivity (Wildman–Crippen MR) is 139 cm³/mol. The number of rotatable bonds is 7. The summed E-state index contributed by atoms with van der Waals surface area (Å²) in [4.78, 5) is 42.1. The van der Waals surface area contributed by atoms with Crippen molar-refractivity contribution in [1.29, 1.82) is 0 Å². The number of carbonyl (C=O) groups is 3. The average Bonchev–Trinajstić information content (AvgIpc) is 3.32. The number of carbonyl (C=O) groups excluding carboxylic acids is 3. The zero-order valence-electron chi connectivity index (χ0n) is 20.8. The van der Waals surface area contributed by atoms with Crippen LogP contribution in [0.4, 0.5) is 5.69 Å². The number of esters is 1. The molecule has 1 atom stereocenters. The molecule has 2 N–H and O–H groups in total. The number of thiazole rings is 1. The number of ether oxygens (including phenoxy) is 1. The van der Waals surface area contributed by atoms with Crippen molar-refractivity contribution in [3.63, 3.8) is 0 Å². The number of methoxy groups -OCH3 is 1. The number of aromatic nitrogens is 1. The fourth-order valence-electron chi connectivity index (χ4n) is 3.38. The van der Waals surface area contributed by atoms with E-state index in [1.807, 2.05) is 62.4 Å². The molecule has 3 rings (SSSR count). The van der Waals surface area contributed by atoms with Crippen LogP contribution in [0.2, 0.25) is 0 Å². The van der Waals surface area contributed by atoms with E-state index in [9.17, 15) is 14.4 Å². The standard InChI is InChI=1S/C27H31N3O4S/c1-16(2)22(26(33)34-6)30-24(32)25-28-15-21(35-25)17-9-13-20(14-10-17)29-23(31)18-7-11-19(12-8-18)27(3,4)5/h7-16,22H,1-6H3,(H,29,31)(H,30,32). The number of nitrogens with one attached hydrogen (secondary N) is 2. The monoisotopic (exact) mass is 493 g/mol. The Morgan fingerprint density at radius 2 is 1.57 bits per heavy atom. The maximum atomic E-state index is 12.6. The third kappa shape index (κ3) is 6.54. The molecule has 184 valence electrons. The lowest BCUT2D eigenvalue weighted by Crippen LogP contribution is -2.44. The topological polar surface area (TPSA) is 97.4 Å². The molecule has 1 heterocycles. The van der Waals surface area contributed by atoms with E-state index in [4.69, 9.17) is 4.74 Å². The summed E-state index contributed by atoms with van der Waals surface area (Å²) in [5, 5.41) is 5.86. The van der Waals surface area contributed by atoms with E-state index in [-0.39, 0.29) is 22.2 Å². The summed E-state index contributed by atoms with van der Waals surface area (Å²) < 4.78 is 4.77. The van der Waals surface area contributed by atoms with Crippen LogP contribution in [-0.4, -0.2) is 35.9 Å². The van der Waals surface area contributed by atoms with Crippen molar-refractivity contribution >= 4 is 34.8 Å². The average molecular weight is 494 g/mol. The van der Waals surface area contributed by atoms with Gasteiger partial charge in [-0.05, 0) is 46.7 Å². The molecule has 0 aliphatic rings. The van der Waals surface area contributed by atoms with Crippen molar-refractivity contribution in [3.05, 3.63) is 70.9 Å². The number of hydrogen-bond donors (Lipinski definition) is 2. The Morgan fingerprint density at radius 3 is 2.11 bits per heavy atom. The minimum Gasteiger partial charge on any atom is -0.467 e. The van der Waals surface area contributed by atoms with Crippen LogP contribution in [0.1, 0.15) is 60.3 Å². The second kappa shape index (κ2) is 10.8. The van der Waals surface area contributed by atoms with Crippen LogP contribution in [-0.2, 0) is 14.9 Å². The van der Waals surface area contributed by atoms with Crippen LogP contribution in [0.5, 0.6) is 0 Å². The van der Waals surface area contributed by atoms with E-state index in [2.05, 4.69) is 36.4 Å². The van der Waals surface area contributed by atoms with Gasteiger partial charge >= 0.3 is 5.97 Å². The first-order chi connectivity index (χ1) is 16.5. The Hall–Kier alpha value is -3.52. The van der Waals surface area contributed by atoms with Crippen LogP contribution in [0, 0.1) is 5.92 Å². The molecule has 2 amide bonds. The third-order valence-electron chi connectivity index (χ3n) is 5.55. The highest BCUT2D eigenvalue weighted by atomic mass is 32.1. The van der Waals surface area contributed by atoms with Gasteiger partial charge in [-0.1, -0.05) is 58.9 Å². The summed E-state index contributed by atoms with van der Waals surface area (Å²) in [5.74, 6) is -1.22. The second-order valence-corrected chi connectivity index (χ2v) is 10.6. The molecule has 1 unspecified atom stereocenters. The first-order valence-corrected chi connectivity index (χ1v) is 12.2. The molecule has 0 bridgehead atoms. The molecule has 35 heavy (non-hydrogen) atoms. The van der Waals surface area contributed by atoms with Gasteiger partial charge in [-0.15, -0.1) is 11.3 Å². The van der Waals surface area contributed by atoms with Gasteiger partial charge in [0.15, 0.2) is 5.01 Å². The predicted octanol–water partition coefficient (Wildman–Crippen LogP) is 5.29. The minimum atomic E-state index is -0.743. The zero-order valence-corrected chi connectivity index (χ0v) is 21.7. The minimum absolute atomic E-state index is 0.0273. The lowest BCUT2D eigenvalue weighted by molar-refractivity contribution is -0.144.